The molecule has 0 unspecified atom stereocenters. The van der Waals surface area contributed by atoms with Gasteiger partial charge >= 0.3 is 0 Å². The van der Waals surface area contributed by atoms with Gasteiger partial charge < -0.3 is 4.90 Å². The van der Waals surface area contributed by atoms with E-state index in [1.165, 1.54) is 42.7 Å². The molecule has 0 aromatic carbocycles. The summed E-state index contributed by atoms with van der Waals surface area (Å²) in [6.07, 6.45) is 6.72. The van der Waals surface area contributed by atoms with Crippen LogP contribution >= 0.6 is 0 Å². The van der Waals surface area contributed by atoms with Gasteiger partial charge in [-0.25, -0.2) is 0 Å². The molecule has 1 aromatic heterocycles. The SMILES string of the molecule is C[C@@H]1CCN2CC[C@H](C)c3cncc1c32. The molecular formula is C13H18N2. The van der Waals surface area contributed by atoms with E-state index in [0.29, 0.717) is 11.8 Å². The van der Waals surface area contributed by atoms with Gasteiger partial charge in [-0.05, 0) is 35.8 Å². The van der Waals surface area contributed by atoms with E-state index in [-0.39, 0.29) is 0 Å². The number of anilines is 1. The Morgan fingerprint density at radius 2 is 1.60 bits per heavy atom. The maximum atomic E-state index is 4.41. The standard InChI is InChI=1S/C13H18N2/c1-9-3-5-15-6-4-10(2)12-8-14-7-11(9)13(12)15/h7-10H,3-6H2,1-2H3/t9-,10+. The van der Waals surface area contributed by atoms with Crippen molar-refractivity contribution in [2.75, 3.05) is 18.0 Å². The summed E-state index contributed by atoms with van der Waals surface area (Å²) >= 11 is 0. The van der Waals surface area contributed by atoms with Crippen molar-refractivity contribution in [3.8, 4) is 0 Å². The monoisotopic (exact) mass is 202 g/mol. The summed E-state index contributed by atoms with van der Waals surface area (Å²) < 4.78 is 0. The number of nitrogens with zero attached hydrogens (tertiary/aromatic N) is 2. The predicted octanol–water partition coefficient (Wildman–Crippen LogP) is 2.90. The fourth-order valence-electron chi connectivity index (χ4n) is 2.92. The van der Waals surface area contributed by atoms with Crippen molar-refractivity contribution in [3.05, 3.63) is 23.5 Å². The Labute approximate surface area is 91.3 Å². The maximum Gasteiger partial charge on any atom is 0.0467 e. The third-order valence-corrected chi connectivity index (χ3v) is 4.02. The van der Waals surface area contributed by atoms with Crippen molar-refractivity contribution >= 4 is 5.69 Å². The molecule has 3 rings (SSSR count). The van der Waals surface area contributed by atoms with E-state index in [1.54, 1.807) is 0 Å². The lowest BCUT2D eigenvalue weighted by Gasteiger charge is -2.40. The molecule has 15 heavy (non-hydrogen) atoms. The van der Waals surface area contributed by atoms with Gasteiger partial charge in [0.1, 0.15) is 0 Å². The Morgan fingerprint density at radius 1 is 1.07 bits per heavy atom. The van der Waals surface area contributed by atoms with E-state index in [9.17, 15) is 0 Å². The Bertz CT molecular complexity index is 354. The molecule has 0 spiro atoms. The highest BCUT2D eigenvalue weighted by Crippen LogP contribution is 2.43. The van der Waals surface area contributed by atoms with Gasteiger partial charge in [-0.15, -0.1) is 0 Å². The van der Waals surface area contributed by atoms with Crippen LogP contribution in [0, 0.1) is 0 Å². The fraction of sp³-hybridized carbons (Fsp3) is 0.615. The van der Waals surface area contributed by atoms with Crippen molar-refractivity contribution in [1.82, 2.24) is 4.98 Å². The summed E-state index contributed by atoms with van der Waals surface area (Å²) in [5.74, 6) is 1.38. The van der Waals surface area contributed by atoms with Crippen LogP contribution in [0.2, 0.25) is 0 Å². The Balaban J connectivity index is 2.20. The Morgan fingerprint density at radius 3 is 2.13 bits per heavy atom. The van der Waals surface area contributed by atoms with Gasteiger partial charge in [0, 0.05) is 31.2 Å². The Kier molecular flexibility index (Phi) is 1.98. The van der Waals surface area contributed by atoms with E-state index >= 15 is 0 Å². The second-order valence-electron chi connectivity index (χ2n) is 5.03. The van der Waals surface area contributed by atoms with Crippen LogP contribution in [0.4, 0.5) is 5.69 Å². The van der Waals surface area contributed by atoms with Crippen LogP contribution in [0.25, 0.3) is 0 Å². The first-order valence-electron chi connectivity index (χ1n) is 6.00. The highest BCUT2D eigenvalue weighted by atomic mass is 15.1. The zero-order chi connectivity index (χ0) is 10.4. The first kappa shape index (κ1) is 9.20. The largest absolute Gasteiger partial charge is 0.371 e. The first-order valence-corrected chi connectivity index (χ1v) is 6.00. The van der Waals surface area contributed by atoms with Gasteiger partial charge in [-0.1, -0.05) is 13.8 Å². The van der Waals surface area contributed by atoms with E-state index in [1.807, 2.05) is 0 Å². The minimum Gasteiger partial charge on any atom is -0.371 e. The summed E-state index contributed by atoms with van der Waals surface area (Å²) in [6, 6.07) is 0. The predicted molar refractivity (Wildman–Crippen MR) is 62.5 cm³/mol. The van der Waals surface area contributed by atoms with Gasteiger partial charge in [-0.2, -0.15) is 0 Å². The second-order valence-corrected chi connectivity index (χ2v) is 5.03. The smallest absolute Gasteiger partial charge is 0.0467 e. The van der Waals surface area contributed by atoms with Crippen molar-refractivity contribution in [2.24, 2.45) is 0 Å². The summed E-state index contributed by atoms with van der Waals surface area (Å²) in [4.78, 5) is 6.97. The van der Waals surface area contributed by atoms with Crippen LogP contribution in [0.1, 0.15) is 49.7 Å². The highest BCUT2D eigenvalue weighted by Gasteiger charge is 2.30. The van der Waals surface area contributed by atoms with Gasteiger partial charge in [0.2, 0.25) is 0 Å². The van der Waals surface area contributed by atoms with E-state index in [2.05, 4.69) is 36.1 Å². The van der Waals surface area contributed by atoms with Crippen molar-refractivity contribution < 1.29 is 0 Å². The normalized spacial score (nSPS) is 28.8. The molecule has 80 valence electrons. The number of hydrogen-bond acceptors (Lipinski definition) is 2. The van der Waals surface area contributed by atoms with E-state index < -0.39 is 0 Å². The zero-order valence-electron chi connectivity index (χ0n) is 9.53. The van der Waals surface area contributed by atoms with E-state index in [0.717, 1.165) is 0 Å². The average Bonchev–Trinajstić information content (AvgIpc) is 2.27. The number of hydrogen-bond donors (Lipinski definition) is 0. The van der Waals surface area contributed by atoms with Crippen LogP contribution in [0.5, 0.6) is 0 Å². The molecule has 3 heterocycles. The van der Waals surface area contributed by atoms with Gasteiger partial charge in [-0.3, -0.25) is 4.98 Å². The molecule has 0 bridgehead atoms. The number of aromatic nitrogens is 1. The summed E-state index contributed by atoms with van der Waals surface area (Å²) in [5.41, 5.74) is 4.47. The molecule has 0 amide bonds. The van der Waals surface area contributed by atoms with Gasteiger partial charge in [0.15, 0.2) is 0 Å². The molecular weight excluding hydrogens is 184 g/mol. The topological polar surface area (TPSA) is 16.1 Å². The number of rotatable bonds is 0. The molecule has 0 aliphatic carbocycles. The summed E-state index contributed by atoms with van der Waals surface area (Å²) in [7, 11) is 0. The summed E-state index contributed by atoms with van der Waals surface area (Å²) in [6.45, 7) is 7.12. The molecule has 2 aliphatic heterocycles. The lowest BCUT2D eigenvalue weighted by atomic mass is 9.84. The highest BCUT2D eigenvalue weighted by molar-refractivity contribution is 5.63. The molecule has 2 aliphatic rings. The van der Waals surface area contributed by atoms with Gasteiger partial charge in [0.25, 0.3) is 0 Å². The molecule has 2 nitrogen and oxygen atoms in total. The number of pyridine rings is 1. The molecule has 2 heteroatoms. The molecule has 0 radical (unpaired) electrons. The van der Waals surface area contributed by atoms with E-state index in [4.69, 9.17) is 0 Å². The molecule has 0 N–H and O–H groups in total. The molecule has 1 aromatic rings. The van der Waals surface area contributed by atoms with Crippen LogP contribution in [-0.4, -0.2) is 18.1 Å². The van der Waals surface area contributed by atoms with Gasteiger partial charge in [0.05, 0.1) is 0 Å². The van der Waals surface area contributed by atoms with Crippen LogP contribution in [0.15, 0.2) is 12.4 Å². The minimum atomic E-state index is 0.689. The third kappa shape index (κ3) is 1.27. The molecule has 0 fully saturated rings. The zero-order valence-corrected chi connectivity index (χ0v) is 9.53. The van der Waals surface area contributed by atoms with Crippen LogP contribution < -0.4 is 4.90 Å². The Hall–Kier alpha value is -1.05. The third-order valence-electron chi connectivity index (χ3n) is 4.02. The average molecular weight is 202 g/mol. The fourth-order valence-corrected chi connectivity index (χ4v) is 2.92. The molecule has 0 saturated carbocycles. The lowest BCUT2D eigenvalue weighted by molar-refractivity contribution is 0.544. The quantitative estimate of drug-likeness (QED) is 0.643. The van der Waals surface area contributed by atoms with Crippen LogP contribution in [0.3, 0.4) is 0 Å². The first-order chi connectivity index (χ1) is 7.27. The van der Waals surface area contributed by atoms with Crippen molar-refractivity contribution in [2.45, 2.75) is 38.5 Å². The van der Waals surface area contributed by atoms with Crippen LogP contribution in [-0.2, 0) is 0 Å². The molecule has 0 saturated heterocycles. The second kappa shape index (κ2) is 3.22. The van der Waals surface area contributed by atoms with Crippen molar-refractivity contribution in [3.63, 3.8) is 0 Å². The lowest BCUT2D eigenvalue weighted by Crippen LogP contribution is -2.36. The maximum absolute atomic E-state index is 4.41. The minimum absolute atomic E-state index is 0.689. The van der Waals surface area contributed by atoms with Crippen molar-refractivity contribution in [1.29, 1.82) is 0 Å². The molecule has 2 atom stereocenters. The summed E-state index contributed by atoms with van der Waals surface area (Å²) in [5, 5.41) is 0.